The van der Waals surface area contributed by atoms with Crippen LogP contribution in [0.2, 0.25) is 0 Å². The molecule has 0 bridgehead atoms. The highest BCUT2D eigenvalue weighted by atomic mass is 16.3. The first-order valence-corrected chi connectivity index (χ1v) is 10.3. The van der Waals surface area contributed by atoms with E-state index in [2.05, 4.69) is 33.7 Å². The minimum Gasteiger partial charge on any atom is -0.392 e. The molecule has 1 aromatic heterocycles. The van der Waals surface area contributed by atoms with E-state index in [1.54, 1.807) is 30.5 Å². The van der Waals surface area contributed by atoms with Gasteiger partial charge in [0.25, 0.3) is 0 Å². The molecule has 0 aromatic carbocycles. The maximum Gasteiger partial charge on any atom is 0.152 e. The number of aliphatic hydroxyl groups excluding tert-OH is 2. The quantitative estimate of drug-likeness (QED) is 0.332. The molecule has 1 fully saturated rings. The van der Waals surface area contributed by atoms with Gasteiger partial charge in [0.1, 0.15) is 0 Å². The predicted octanol–water partition coefficient (Wildman–Crippen LogP) is 2.58. The van der Waals surface area contributed by atoms with E-state index in [-0.39, 0.29) is 6.61 Å². The van der Waals surface area contributed by atoms with E-state index >= 15 is 0 Å². The molecular formula is C24H34N4O2. The van der Waals surface area contributed by atoms with Crippen LogP contribution in [0.25, 0.3) is 12.2 Å². The highest BCUT2D eigenvalue weighted by Crippen LogP contribution is 2.26. The maximum absolute atomic E-state index is 10.9. The Kier molecular flexibility index (Phi) is 9.54. The van der Waals surface area contributed by atoms with Gasteiger partial charge < -0.3 is 25.7 Å². The second kappa shape index (κ2) is 12.1. The van der Waals surface area contributed by atoms with Gasteiger partial charge in [-0.2, -0.15) is 0 Å². The molecule has 0 saturated carbocycles. The van der Waals surface area contributed by atoms with Gasteiger partial charge in [0.15, 0.2) is 6.23 Å². The molecule has 1 saturated heterocycles. The van der Waals surface area contributed by atoms with Crippen molar-refractivity contribution in [3.05, 3.63) is 77.9 Å². The Labute approximate surface area is 180 Å². The summed E-state index contributed by atoms with van der Waals surface area (Å²) in [6.45, 7) is 11.4. The van der Waals surface area contributed by atoms with E-state index in [0.717, 1.165) is 48.6 Å². The summed E-state index contributed by atoms with van der Waals surface area (Å²) in [6.07, 6.45) is 11.6. The van der Waals surface area contributed by atoms with E-state index in [1.807, 2.05) is 32.2 Å². The van der Waals surface area contributed by atoms with Crippen molar-refractivity contribution in [3.63, 3.8) is 0 Å². The van der Waals surface area contributed by atoms with Gasteiger partial charge in [-0.25, -0.2) is 0 Å². The topological polar surface area (TPSA) is 80.6 Å². The van der Waals surface area contributed by atoms with Crippen molar-refractivity contribution in [1.29, 1.82) is 0 Å². The van der Waals surface area contributed by atoms with Crippen LogP contribution in [-0.4, -0.2) is 59.1 Å². The summed E-state index contributed by atoms with van der Waals surface area (Å²) < 4.78 is 0. The van der Waals surface area contributed by atoms with Crippen LogP contribution in [0.4, 0.5) is 0 Å². The summed E-state index contributed by atoms with van der Waals surface area (Å²) in [5.74, 6) is 0. The highest BCUT2D eigenvalue weighted by molar-refractivity contribution is 5.61. The largest absolute Gasteiger partial charge is 0.392 e. The lowest BCUT2D eigenvalue weighted by Gasteiger charge is -2.30. The lowest BCUT2D eigenvalue weighted by atomic mass is 10.1. The average Bonchev–Trinajstić information content (AvgIpc) is 3.20. The fourth-order valence-electron chi connectivity index (χ4n) is 3.71. The summed E-state index contributed by atoms with van der Waals surface area (Å²) in [6, 6.07) is 4.24. The van der Waals surface area contributed by atoms with E-state index in [4.69, 9.17) is 0 Å². The van der Waals surface area contributed by atoms with Gasteiger partial charge in [-0.05, 0) is 57.3 Å². The summed E-state index contributed by atoms with van der Waals surface area (Å²) in [5.41, 5.74) is 4.15. The van der Waals surface area contributed by atoms with Crippen molar-refractivity contribution >= 4 is 12.2 Å². The van der Waals surface area contributed by atoms with Gasteiger partial charge in [0, 0.05) is 41.7 Å². The molecule has 2 unspecified atom stereocenters. The predicted molar refractivity (Wildman–Crippen MR) is 124 cm³/mol. The number of hydrogen-bond acceptors (Lipinski definition) is 6. The Balaban J connectivity index is 2.27. The summed E-state index contributed by atoms with van der Waals surface area (Å²) in [4.78, 5) is 6.72. The molecule has 2 atom stereocenters. The minimum atomic E-state index is -0.960. The number of nitrogens with zero attached hydrogens (tertiary/aromatic N) is 2. The number of aryl methyl sites for hydroxylation is 1. The van der Waals surface area contributed by atoms with Crippen molar-refractivity contribution in [2.45, 2.75) is 32.0 Å². The second-order valence-electron chi connectivity index (χ2n) is 7.21. The van der Waals surface area contributed by atoms with Crippen LogP contribution in [0.3, 0.4) is 0 Å². The number of aliphatic hydroxyl groups is 2. The SMILES string of the molecule is C=C/C(=C(\C=C\CO)C(O)N/C=C/c1ccc(C)nc1C=C)N1CCCC1CNC. The molecule has 6 nitrogen and oxygen atoms in total. The van der Waals surface area contributed by atoms with E-state index < -0.39 is 6.23 Å². The first-order chi connectivity index (χ1) is 14.5. The number of nitrogens with one attached hydrogen (secondary N) is 2. The van der Waals surface area contributed by atoms with Gasteiger partial charge in [-0.1, -0.05) is 31.4 Å². The van der Waals surface area contributed by atoms with Crippen molar-refractivity contribution in [1.82, 2.24) is 20.5 Å². The molecule has 0 aliphatic carbocycles. The molecule has 0 radical (unpaired) electrons. The molecule has 1 aromatic rings. The van der Waals surface area contributed by atoms with Crippen LogP contribution in [0, 0.1) is 6.92 Å². The standard InChI is InChI=1S/C24H34N4O2/c1-5-22-19(12-11-18(3)27-22)13-14-26-24(30)21(10-8-16-29)23(6-2)28-15-7-9-20(28)17-25-4/h5-6,8,10-14,20,24-26,29-30H,1-2,7,9,15-17H2,3-4H3/b10-8+,14-13+,23-21-. The molecule has 1 aliphatic heterocycles. The number of pyridine rings is 1. The Bertz CT molecular complexity index is 813. The maximum atomic E-state index is 10.9. The normalized spacial score (nSPS) is 18.7. The number of allylic oxidation sites excluding steroid dienone is 1. The van der Waals surface area contributed by atoms with Gasteiger partial charge >= 0.3 is 0 Å². The number of hydrogen-bond donors (Lipinski definition) is 4. The minimum absolute atomic E-state index is 0.103. The van der Waals surface area contributed by atoms with Crippen molar-refractivity contribution in [2.24, 2.45) is 0 Å². The van der Waals surface area contributed by atoms with Crippen molar-refractivity contribution < 1.29 is 10.2 Å². The summed E-state index contributed by atoms with van der Waals surface area (Å²) >= 11 is 0. The van der Waals surface area contributed by atoms with Gasteiger partial charge in [0.2, 0.25) is 0 Å². The molecule has 1 aliphatic rings. The summed E-state index contributed by atoms with van der Waals surface area (Å²) in [5, 5.41) is 26.4. The van der Waals surface area contributed by atoms with E-state index in [9.17, 15) is 10.2 Å². The lowest BCUT2D eigenvalue weighted by molar-refractivity contribution is 0.187. The zero-order valence-electron chi connectivity index (χ0n) is 18.0. The zero-order valence-corrected chi connectivity index (χ0v) is 18.0. The molecule has 0 amide bonds. The third-order valence-electron chi connectivity index (χ3n) is 5.12. The van der Waals surface area contributed by atoms with Crippen molar-refractivity contribution in [2.75, 3.05) is 26.7 Å². The zero-order chi connectivity index (χ0) is 21.9. The molecule has 4 N–H and O–H groups in total. The third kappa shape index (κ3) is 6.16. The molecular weight excluding hydrogens is 376 g/mol. The second-order valence-corrected chi connectivity index (χ2v) is 7.21. The van der Waals surface area contributed by atoms with Gasteiger partial charge in [-0.3, -0.25) is 4.98 Å². The number of rotatable bonds is 11. The molecule has 2 rings (SSSR count). The molecule has 0 spiro atoms. The summed E-state index contributed by atoms with van der Waals surface area (Å²) in [7, 11) is 1.94. The molecule has 30 heavy (non-hydrogen) atoms. The number of likely N-dealkylation sites (tertiary alicyclic amines) is 1. The van der Waals surface area contributed by atoms with Crippen LogP contribution in [-0.2, 0) is 0 Å². The fourth-order valence-corrected chi connectivity index (χ4v) is 3.71. The van der Waals surface area contributed by atoms with E-state index in [0.29, 0.717) is 11.6 Å². The van der Waals surface area contributed by atoms with Crippen molar-refractivity contribution in [3.8, 4) is 0 Å². The highest BCUT2D eigenvalue weighted by Gasteiger charge is 2.27. The Morgan fingerprint density at radius 3 is 2.87 bits per heavy atom. The Hall–Kier alpha value is -2.67. The first kappa shape index (κ1) is 23.6. The first-order valence-electron chi connectivity index (χ1n) is 10.3. The average molecular weight is 411 g/mol. The van der Waals surface area contributed by atoms with Crippen LogP contribution < -0.4 is 10.6 Å². The van der Waals surface area contributed by atoms with E-state index in [1.165, 1.54) is 0 Å². The van der Waals surface area contributed by atoms with Gasteiger partial charge in [0.05, 0.1) is 12.3 Å². The smallest absolute Gasteiger partial charge is 0.152 e. The number of likely N-dealkylation sites (N-methyl/N-ethyl adjacent to an activating group) is 1. The van der Waals surface area contributed by atoms with Crippen LogP contribution in [0.1, 0.15) is 29.8 Å². The molecule has 2 heterocycles. The molecule has 6 heteroatoms. The fraction of sp³-hybridized carbons (Fsp3) is 0.375. The monoisotopic (exact) mass is 410 g/mol. The number of aromatic nitrogens is 1. The Morgan fingerprint density at radius 2 is 2.20 bits per heavy atom. The third-order valence-corrected chi connectivity index (χ3v) is 5.12. The Morgan fingerprint density at radius 1 is 1.40 bits per heavy atom. The van der Waals surface area contributed by atoms with Gasteiger partial charge in [-0.15, -0.1) is 0 Å². The van der Waals surface area contributed by atoms with Crippen LogP contribution in [0.5, 0.6) is 0 Å². The van der Waals surface area contributed by atoms with Crippen LogP contribution >= 0.6 is 0 Å². The van der Waals surface area contributed by atoms with Crippen LogP contribution in [0.15, 0.2) is 61.0 Å². The molecule has 162 valence electrons. The lowest BCUT2D eigenvalue weighted by Crippen LogP contribution is -2.38.